The lowest BCUT2D eigenvalue weighted by Crippen LogP contribution is -2.51. The van der Waals surface area contributed by atoms with Gasteiger partial charge in [0.15, 0.2) is 0 Å². The fourth-order valence-corrected chi connectivity index (χ4v) is 5.21. The standard InChI is InChI=1S/C21H24N4O4S/c1-16-7-9-17(10-8-16)30(28,29)24-13-11-23(12-14-24)20(26)15-25-19-6-4-3-5-18(19)22(2)21(25)27/h3-10H,11-15H2,1-2H3. The molecule has 1 saturated heterocycles. The largest absolute Gasteiger partial charge is 0.338 e. The third kappa shape index (κ3) is 3.54. The average molecular weight is 429 g/mol. The van der Waals surface area contributed by atoms with E-state index in [-0.39, 0.29) is 36.1 Å². The lowest BCUT2D eigenvalue weighted by molar-refractivity contribution is -0.133. The van der Waals surface area contributed by atoms with Crippen molar-refractivity contribution in [1.29, 1.82) is 0 Å². The lowest BCUT2D eigenvalue weighted by atomic mass is 10.2. The molecule has 4 rings (SSSR count). The monoisotopic (exact) mass is 428 g/mol. The zero-order valence-electron chi connectivity index (χ0n) is 17.0. The van der Waals surface area contributed by atoms with Crippen LogP contribution in [0.2, 0.25) is 0 Å². The van der Waals surface area contributed by atoms with Crippen molar-refractivity contribution in [2.75, 3.05) is 26.2 Å². The molecule has 1 aliphatic rings. The molecule has 0 radical (unpaired) electrons. The van der Waals surface area contributed by atoms with Gasteiger partial charge in [-0.05, 0) is 31.2 Å². The van der Waals surface area contributed by atoms with Gasteiger partial charge in [-0.2, -0.15) is 4.31 Å². The number of sulfonamides is 1. The second-order valence-electron chi connectivity index (χ2n) is 7.51. The molecule has 0 spiro atoms. The van der Waals surface area contributed by atoms with Gasteiger partial charge in [0, 0.05) is 33.2 Å². The zero-order valence-corrected chi connectivity index (χ0v) is 17.8. The average Bonchev–Trinajstić information content (AvgIpc) is 2.99. The highest BCUT2D eigenvalue weighted by atomic mass is 32.2. The number of rotatable bonds is 4. The molecule has 3 aromatic rings. The molecule has 1 fully saturated rings. The molecule has 2 heterocycles. The molecule has 0 saturated carbocycles. The van der Waals surface area contributed by atoms with Crippen LogP contribution in [0.25, 0.3) is 11.0 Å². The Balaban J connectivity index is 1.46. The Morgan fingerprint density at radius 2 is 1.53 bits per heavy atom. The van der Waals surface area contributed by atoms with E-state index in [1.54, 1.807) is 36.2 Å². The summed E-state index contributed by atoms with van der Waals surface area (Å²) in [4.78, 5) is 27.2. The van der Waals surface area contributed by atoms with E-state index in [2.05, 4.69) is 0 Å². The molecule has 1 aliphatic heterocycles. The Labute approximate surface area is 175 Å². The van der Waals surface area contributed by atoms with E-state index in [0.717, 1.165) is 11.1 Å². The first kappa shape index (κ1) is 20.4. The van der Waals surface area contributed by atoms with Gasteiger partial charge in [0.05, 0.1) is 15.9 Å². The summed E-state index contributed by atoms with van der Waals surface area (Å²) in [5, 5.41) is 0. The van der Waals surface area contributed by atoms with Crippen LogP contribution in [0, 0.1) is 6.92 Å². The molecule has 8 nitrogen and oxygen atoms in total. The molecular formula is C21H24N4O4S. The summed E-state index contributed by atoms with van der Waals surface area (Å²) in [6.07, 6.45) is 0. The van der Waals surface area contributed by atoms with Crippen molar-refractivity contribution in [1.82, 2.24) is 18.3 Å². The summed E-state index contributed by atoms with van der Waals surface area (Å²) in [6, 6.07) is 14.1. The van der Waals surface area contributed by atoms with E-state index < -0.39 is 10.0 Å². The zero-order chi connectivity index (χ0) is 21.5. The van der Waals surface area contributed by atoms with Gasteiger partial charge in [0.25, 0.3) is 0 Å². The van der Waals surface area contributed by atoms with Gasteiger partial charge in [0.1, 0.15) is 6.54 Å². The maximum absolute atomic E-state index is 12.8. The van der Waals surface area contributed by atoms with Gasteiger partial charge in [0.2, 0.25) is 15.9 Å². The predicted molar refractivity (Wildman–Crippen MR) is 114 cm³/mol. The van der Waals surface area contributed by atoms with Crippen molar-refractivity contribution in [3.63, 3.8) is 0 Å². The topological polar surface area (TPSA) is 84.6 Å². The van der Waals surface area contributed by atoms with Crippen molar-refractivity contribution in [2.45, 2.75) is 18.4 Å². The number of amides is 1. The summed E-state index contributed by atoms with van der Waals surface area (Å²) in [5.74, 6) is -0.194. The number of carbonyl (C=O) groups is 1. The summed E-state index contributed by atoms with van der Waals surface area (Å²) in [7, 11) is -1.90. The quantitative estimate of drug-likeness (QED) is 0.625. The van der Waals surface area contributed by atoms with Crippen LogP contribution < -0.4 is 5.69 Å². The Morgan fingerprint density at radius 1 is 0.933 bits per heavy atom. The minimum atomic E-state index is -3.58. The smallest absolute Gasteiger partial charge is 0.329 e. The van der Waals surface area contributed by atoms with Crippen molar-refractivity contribution >= 4 is 27.0 Å². The maximum atomic E-state index is 12.8. The maximum Gasteiger partial charge on any atom is 0.329 e. The molecular weight excluding hydrogens is 404 g/mol. The molecule has 9 heteroatoms. The Hall–Kier alpha value is -2.91. The number of piperazine rings is 1. The third-order valence-corrected chi connectivity index (χ3v) is 7.51. The van der Waals surface area contributed by atoms with Crippen molar-refractivity contribution in [3.8, 4) is 0 Å². The molecule has 0 aliphatic carbocycles. The fourth-order valence-electron chi connectivity index (χ4n) is 3.79. The van der Waals surface area contributed by atoms with Crippen molar-refractivity contribution in [2.24, 2.45) is 7.05 Å². The molecule has 1 amide bonds. The minimum Gasteiger partial charge on any atom is -0.338 e. The predicted octanol–water partition coefficient (Wildman–Crippen LogP) is 1.18. The summed E-state index contributed by atoms with van der Waals surface area (Å²) in [5.41, 5.74) is 2.22. The molecule has 0 atom stereocenters. The molecule has 0 N–H and O–H groups in total. The van der Waals surface area contributed by atoms with Crippen LogP contribution in [0.1, 0.15) is 5.56 Å². The van der Waals surface area contributed by atoms with Gasteiger partial charge in [-0.3, -0.25) is 13.9 Å². The van der Waals surface area contributed by atoms with Crippen LogP contribution in [-0.4, -0.2) is 58.8 Å². The van der Waals surface area contributed by atoms with Crippen LogP contribution in [0.3, 0.4) is 0 Å². The van der Waals surface area contributed by atoms with Gasteiger partial charge < -0.3 is 4.90 Å². The SMILES string of the molecule is Cc1ccc(S(=O)(=O)N2CCN(C(=O)Cn3c(=O)n(C)c4ccccc43)CC2)cc1. The highest BCUT2D eigenvalue weighted by Gasteiger charge is 2.30. The highest BCUT2D eigenvalue weighted by Crippen LogP contribution is 2.19. The molecule has 0 bridgehead atoms. The lowest BCUT2D eigenvalue weighted by Gasteiger charge is -2.34. The second-order valence-corrected chi connectivity index (χ2v) is 9.45. The van der Waals surface area contributed by atoms with Gasteiger partial charge in [-0.25, -0.2) is 13.2 Å². The summed E-state index contributed by atoms with van der Waals surface area (Å²) >= 11 is 0. The van der Waals surface area contributed by atoms with Gasteiger partial charge >= 0.3 is 5.69 Å². The number of imidazole rings is 1. The normalized spacial score (nSPS) is 15.6. The highest BCUT2D eigenvalue weighted by molar-refractivity contribution is 7.89. The van der Waals surface area contributed by atoms with Crippen LogP contribution in [0.15, 0.2) is 58.2 Å². The third-order valence-electron chi connectivity index (χ3n) is 5.60. The summed E-state index contributed by atoms with van der Waals surface area (Å²) < 4.78 is 30.1. The Bertz CT molecular complexity index is 1250. The number of aromatic nitrogens is 2. The number of hydrogen-bond acceptors (Lipinski definition) is 4. The Kier molecular flexibility index (Phi) is 5.25. The second kappa shape index (κ2) is 7.73. The number of benzene rings is 2. The van der Waals surface area contributed by atoms with Crippen molar-refractivity contribution < 1.29 is 13.2 Å². The van der Waals surface area contributed by atoms with Crippen LogP contribution in [-0.2, 0) is 28.4 Å². The first-order valence-corrected chi connectivity index (χ1v) is 11.2. The summed E-state index contributed by atoms with van der Waals surface area (Å²) in [6.45, 7) is 2.89. The number of fused-ring (bicyclic) bond motifs is 1. The van der Waals surface area contributed by atoms with E-state index in [1.807, 2.05) is 31.2 Å². The van der Waals surface area contributed by atoms with E-state index in [9.17, 15) is 18.0 Å². The van der Waals surface area contributed by atoms with E-state index >= 15 is 0 Å². The minimum absolute atomic E-state index is 0.0646. The number of aryl methyl sites for hydroxylation is 2. The van der Waals surface area contributed by atoms with Gasteiger partial charge in [-0.1, -0.05) is 29.8 Å². The van der Waals surface area contributed by atoms with Crippen LogP contribution in [0.4, 0.5) is 0 Å². The number of nitrogens with zero attached hydrogens (tertiary/aromatic N) is 4. The molecule has 30 heavy (non-hydrogen) atoms. The number of para-hydroxylation sites is 2. The van der Waals surface area contributed by atoms with Crippen LogP contribution in [0.5, 0.6) is 0 Å². The van der Waals surface area contributed by atoms with E-state index in [4.69, 9.17) is 0 Å². The number of carbonyl (C=O) groups excluding carboxylic acids is 1. The van der Waals surface area contributed by atoms with E-state index in [0.29, 0.717) is 18.6 Å². The first-order chi connectivity index (χ1) is 14.3. The molecule has 0 unspecified atom stereocenters. The Morgan fingerprint density at radius 3 is 2.17 bits per heavy atom. The van der Waals surface area contributed by atoms with Crippen LogP contribution >= 0.6 is 0 Å². The number of hydrogen-bond donors (Lipinski definition) is 0. The van der Waals surface area contributed by atoms with Gasteiger partial charge in [-0.15, -0.1) is 0 Å². The van der Waals surface area contributed by atoms with Crippen molar-refractivity contribution in [3.05, 3.63) is 64.6 Å². The molecule has 1 aromatic heterocycles. The fraction of sp³-hybridized carbons (Fsp3) is 0.333. The molecule has 158 valence electrons. The first-order valence-electron chi connectivity index (χ1n) is 9.78. The molecule has 2 aromatic carbocycles. The van der Waals surface area contributed by atoms with E-state index in [1.165, 1.54) is 13.4 Å².